The molecule has 0 atom stereocenters. The Bertz CT molecular complexity index is 1060. The SMILES string of the molecule is CC(C)c1cc(OCc2ccccc2)c(OCc2ccccc2)c(OCc2ccccc2)c1. The lowest BCUT2D eigenvalue weighted by Crippen LogP contribution is -2.05. The van der Waals surface area contributed by atoms with Crippen molar-refractivity contribution in [3.63, 3.8) is 0 Å². The monoisotopic (exact) mass is 438 g/mol. The van der Waals surface area contributed by atoms with Crippen LogP contribution in [0.15, 0.2) is 103 Å². The van der Waals surface area contributed by atoms with E-state index in [-0.39, 0.29) is 0 Å². The van der Waals surface area contributed by atoms with E-state index in [0.717, 1.165) is 22.3 Å². The lowest BCUT2D eigenvalue weighted by Gasteiger charge is -2.20. The van der Waals surface area contributed by atoms with Gasteiger partial charge in [-0.3, -0.25) is 0 Å². The van der Waals surface area contributed by atoms with Crippen LogP contribution in [0.3, 0.4) is 0 Å². The first-order chi connectivity index (χ1) is 16.2. The molecule has 3 heteroatoms. The lowest BCUT2D eigenvalue weighted by atomic mass is 10.0. The van der Waals surface area contributed by atoms with Gasteiger partial charge in [0.1, 0.15) is 19.8 Å². The topological polar surface area (TPSA) is 27.7 Å². The summed E-state index contributed by atoms with van der Waals surface area (Å²) in [6.07, 6.45) is 0. The standard InChI is InChI=1S/C30H30O3/c1-23(2)27-18-28(31-20-24-12-6-3-7-13-24)30(33-22-26-16-10-5-11-17-26)29(19-27)32-21-25-14-8-4-9-15-25/h3-19,23H,20-22H2,1-2H3. The molecule has 168 valence electrons. The van der Waals surface area contributed by atoms with Crippen LogP contribution in [-0.2, 0) is 19.8 Å². The van der Waals surface area contributed by atoms with Crippen molar-refractivity contribution in [2.75, 3.05) is 0 Å². The molecule has 4 aromatic carbocycles. The molecule has 0 aliphatic rings. The van der Waals surface area contributed by atoms with E-state index in [1.807, 2.05) is 54.6 Å². The van der Waals surface area contributed by atoms with Gasteiger partial charge in [0.15, 0.2) is 11.5 Å². The zero-order valence-electron chi connectivity index (χ0n) is 19.2. The van der Waals surface area contributed by atoms with Gasteiger partial charge in [-0.15, -0.1) is 0 Å². The van der Waals surface area contributed by atoms with E-state index < -0.39 is 0 Å². The third-order valence-electron chi connectivity index (χ3n) is 5.41. The smallest absolute Gasteiger partial charge is 0.203 e. The van der Waals surface area contributed by atoms with Crippen LogP contribution < -0.4 is 14.2 Å². The Hall–Kier alpha value is -3.72. The zero-order valence-corrected chi connectivity index (χ0v) is 19.2. The molecular weight excluding hydrogens is 408 g/mol. The number of hydrogen-bond acceptors (Lipinski definition) is 3. The molecular formula is C30H30O3. The van der Waals surface area contributed by atoms with Gasteiger partial charge in [-0.05, 0) is 40.3 Å². The Balaban J connectivity index is 1.65. The Labute approximate surface area is 196 Å². The summed E-state index contributed by atoms with van der Waals surface area (Å²) in [5, 5.41) is 0. The first kappa shape index (κ1) is 22.5. The highest BCUT2D eigenvalue weighted by atomic mass is 16.5. The van der Waals surface area contributed by atoms with E-state index >= 15 is 0 Å². The number of hydrogen-bond donors (Lipinski definition) is 0. The molecule has 3 nitrogen and oxygen atoms in total. The summed E-state index contributed by atoms with van der Waals surface area (Å²) in [5.74, 6) is 2.36. The van der Waals surface area contributed by atoms with Crippen molar-refractivity contribution in [3.8, 4) is 17.2 Å². The van der Waals surface area contributed by atoms with Crippen molar-refractivity contribution >= 4 is 0 Å². The molecule has 4 aromatic rings. The Kier molecular flexibility index (Phi) is 7.65. The summed E-state index contributed by atoms with van der Waals surface area (Å²) in [7, 11) is 0. The second kappa shape index (κ2) is 11.2. The first-order valence-corrected chi connectivity index (χ1v) is 11.4. The van der Waals surface area contributed by atoms with E-state index in [1.165, 1.54) is 0 Å². The summed E-state index contributed by atoms with van der Waals surface area (Å²) in [6.45, 7) is 5.69. The third-order valence-corrected chi connectivity index (χ3v) is 5.41. The van der Waals surface area contributed by atoms with Gasteiger partial charge >= 0.3 is 0 Å². The fourth-order valence-corrected chi connectivity index (χ4v) is 3.49. The molecule has 0 heterocycles. The largest absolute Gasteiger partial charge is 0.485 e. The molecule has 0 bridgehead atoms. The molecule has 0 radical (unpaired) electrons. The van der Waals surface area contributed by atoms with Crippen LogP contribution in [-0.4, -0.2) is 0 Å². The van der Waals surface area contributed by atoms with E-state index in [2.05, 4.69) is 62.4 Å². The molecule has 0 aliphatic heterocycles. The van der Waals surface area contributed by atoms with Crippen LogP contribution in [0.4, 0.5) is 0 Å². The highest BCUT2D eigenvalue weighted by molar-refractivity contribution is 5.54. The van der Waals surface area contributed by atoms with Crippen LogP contribution in [0.2, 0.25) is 0 Å². The molecule has 0 saturated carbocycles. The molecule has 0 saturated heterocycles. The van der Waals surface area contributed by atoms with Crippen molar-refractivity contribution < 1.29 is 14.2 Å². The number of ether oxygens (including phenoxy) is 3. The minimum absolute atomic E-state index is 0.325. The second-order valence-electron chi connectivity index (χ2n) is 8.32. The van der Waals surface area contributed by atoms with Crippen molar-refractivity contribution in [1.82, 2.24) is 0 Å². The first-order valence-electron chi connectivity index (χ1n) is 11.4. The maximum absolute atomic E-state index is 6.32. The molecule has 0 N–H and O–H groups in total. The highest BCUT2D eigenvalue weighted by Gasteiger charge is 2.18. The Morgan fingerprint density at radius 2 is 0.879 bits per heavy atom. The van der Waals surface area contributed by atoms with E-state index in [4.69, 9.17) is 14.2 Å². The van der Waals surface area contributed by atoms with Gasteiger partial charge in [0.05, 0.1) is 0 Å². The normalized spacial score (nSPS) is 10.8. The van der Waals surface area contributed by atoms with Crippen LogP contribution in [0.25, 0.3) is 0 Å². The van der Waals surface area contributed by atoms with Gasteiger partial charge in [0.2, 0.25) is 5.75 Å². The van der Waals surface area contributed by atoms with E-state index in [1.54, 1.807) is 0 Å². The van der Waals surface area contributed by atoms with E-state index in [0.29, 0.717) is 43.0 Å². The fraction of sp³-hybridized carbons (Fsp3) is 0.200. The number of benzene rings is 4. The van der Waals surface area contributed by atoms with E-state index in [9.17, 15) is 0 Å². The third kappa shape index (κ3) is 6.39. The van der Waals surface area contributed by atoms with Gasteiger partial charge in [-0.1, -0.05) is 105 Å². The molecule has 4 rings (SSSR count). The van der Waals surface area contributed by atoms with Crippen molar-refractivity contribution in [3.05, 3.63) is 125 Å². The van der Waals surface area contributed by atoms with Crippen LogP contribution >= 0.6 is 0 Å². The highest BCUT2D eigenvalue weighted by Crippen LogP contribution is 2.42. The van der Waals surface area contributed by atoms with Gasteiger partial charge < -0.3 is 14.2 Å². The molecule has 0 fully saturated rings. The van der Waals surface area contributed by atoms with Gasteiger partial charge in [-0.2, -0.15) is 0 Å². The molecule has 0 aromatic heterocycles. The van der Waals surface area contributed by atoms with Gasteiger partial charge in [0.25, 0.3) is 0 Å². The van der Waals surface area contributed by atoms with Crippen LogP contribution in [0.5, 0.6) is 17.2 Å². The molecule has 0 spiro atoms. The molecule has 33 heavy (non-hydrogen) atoms. The van der Waals surface area contributed by atoms with Crippen LogP contribution in [0, 0.1) is 0 Å². The lowest BCUT2D eigenvalue weighted by molar-refractivity contribution is 0.229. The Morgan fingerprint density at radius 1 is 0.515 bits per heavy atom. The summed E-state index contributed by atoms with van der Waals surface area (Å²) in [4.78, 5) is 0. The van der Waals surface area contributed by atoms with Crippen molar-refractivity contribution in [2.45, 2.75) is 39.6 Å². The predicted octanol–water partition coefficient (Wildman–Crippen LogP) is 7.55. The summed E-state index contributed by atoms with van der Waals surface area (Å²) >= 11 is 0. The average molecular weight is 439 g/mol. The maximum atomic E-state index is 6.32. The quantitative estimate of drug-likeness (QED) is 0.256. The maximum Gasteiger partial charge on any atom is 0.203 e. The average Bonchev–Trinajstić information content (AvgIpc) is 2.87. The predicted molar refractivity (Wildman–Crippen MR) is 133 cm³/mol. The fourth-order valence-electron chi connectivity index (χ4n) is 3.49. The van der Waals surface area contributed by atoms with Crippen molar-refractivity contribution in [2.24, 2.45) is 0 Å². The Morgan fingerprint density at radius 3 is 1.24 bits per heavy atom. The summed E-state index contributed by atoms with van der Waals surface area (Å²) in [6, 6.07) is 34.6. The molecule has 0 amide bonds. The molecule has 0 aliphatic carbocycles. The zero-order chi connectivity index (χ0) is 22.9. The number of rotatable bonds is 10. The summed E-state index contributed by atoms with van der Waals surface area (Å²) in [5.41, 5.74) is 4.45. The summed E-state index contributed by atoms with van der Waals surface area (Å²) < 4.78 is 18.9. The second-order valence-corrected chi connectivity index (χ2v) is 8.32. The molecule has 0 unspecified atom stereocenters. The van der Waals surface area contributed by atoms with Gasteiger partial charge in [0, 0.05) is 0 Å². The minimum Gasteiger partial charge on any atom is -0.485 e. The van der Waals surface area contributed by atoms with Gasteiger partial charge in [-0.25, -0.2) is 0 Å². The minimum atomic E-state index is 0.325. The van der Waals surface area contributed by atoms with Crippen LogP contribution in [0.1, 0.15) is 42.0 Å². The van der Waals surface area contributed by atoms with Crippen molar-refractivity contribution in [1.29, 1.82) is 0 Å².